The molecule has 0 spiro atoms. The molecule has 4 heteroatoms. The van der Waals surface area contributed by atoms with Gasteiger partial charge in [-0.2, -0.15) is 0 Å². The van der Waals surface area contributed by atoms with Gasteiger partial charge in [0, 0.05) is 5.25 Å². The SMILES string of the molecule is CC(C)CC(CC(=O)O)SN. The van der Waals surface area contributed by atoms with Crippen LogP contribution in [0.4, 0.5) is 0 Å². The molecule has 0 aromatic heterocycles. The fourth-order valence-corrected chi connectivity index (χ4v) is 1.64. The molecule has 0 aliphatic carbocycles. The number of nitrogens with two attached hydrogens (primary N) is 1. The van der Waals surface area contributed by atoms with E-state index in [1.165, 1.54) is 0 Å². The zero-order valence-corrected chi connectivity index (χ0v) is 7.73. The number of aliphatic carboxylic acids is 1. The number of hydrogen-bond donors (Lipinski definition) is 2. The van der Waals surface area contributed by atoms with Gasteiger partial charge in [0.25, 0.3) is 0 Å². The summed E-state index contributed by atoms with van der Waals surface area (Å²) in [5, 5.41) is 13.8. The molecule has 3 N–H and O–H groups in total. The van der Waals surface area contributed by atoms with Crippen molar-refractivity contribution >= 4 is 17.9 Å². The first-order valence-electron chi connectivity index (χ1n) is 3.63. The van der Waals surface area contributed by atoms with Crippen molar-refractivity contribution in [1.29, 1.82) is 0 Å². The van der Waals surface area contributed by atoms with Crippen LogP contribution in [0.3, 0.4) is 0 Å². The molecule has 11 heavy (non-hydrogen) atoms. The maximum Gasteiger partial charge on any atom is 0.304 e. The second-order valence-corrected chi connectivity index (χ2v) is 3.92. The standard InChI is InChI=1S/C7H15NO2S/c1-5(2)3-6(11-8)4-7(9)10/h5-6H,3-4,8H2,1-2H3,(H,9,10). The second-order valence-electron chi connectivity index (χ2n) is 2.99. The minimum Gasteiger partial charge on any atom is -0.481 e. The fraction of sp³-hybridized carbons (Fsp3) is 0.857. The Labute approximate surface area is 71.5 Å². The van der Waals surface area contributed by atoms with E-state index in [2.05, 4.69) is 13.8 Å². The molecule has 0 saturated carbocycles. The summed E-state index contributed by atoms with van der Waals surface area (Å²) >= 11 is 1.15. The summed E-state index contributed by atoms with van der Waals surface area (Å²) in [7, 11) is 0. The molecular weight excluding hydrogens is 162 g/mol. The lowest BCUT2D eigenvalue weighted by Gasteiger charge is -2.12. The Morgan fingerprint density at radius 3 is 2.45 bits per heavy atom. The molecule has 0 bridgehead atoms. The summed E-state index contributed by atoms with van der Waals surface area (Å²) in [4.78, 5) is 10.3. The summed E-state index contributed by atoms with van der Waals surface area (Å²) in [6, 6.07) is 0. The van der Waals surface area contributed by atoms with Gasteiger partial charge in [-0.3, -0.25) is 9.93 Å². The van der Waals surface area contributed by atoms with Gasteiger partial charge in [-0.05, 0) is 12.3 Å². The van der Waals surface area contributed by atoms with Crippen molar-refractivity contribution in [1.82, 2.24) is 0 Å². The maximum absolute atomic E-state index is 10.3. The molecule has 0 amide bonds. The zero-order valence-electron chi connectivity index (χ0n) is 6.91. The third-order valence-electron chi connectivity index (χ3n) is 1.33. The first-order chi connectivity index (χ1) is 5.06. The van der Waals surface area contributed by atoms with E-state index in [1.807, 2.05) is 0 Å². The van der Waals surface area contributed by atoms with Crippen LogP contribution in [0.25, 0.3) is 0 Å². The third kappa shape index (κ3) is 6.19. The molecule has 0 fully saturated rings. The predicted octanol–water partition coefficient (Wildman–Crippen LogP) is 1.48. The van der Waals surface area contributed by atoms with Gasteiger partial charge < -0.3 is 5.11 Å². The number of hydrogen-bond acceptors (Lipinski definition) is 3. The van der Waals surface area contributed by atoms with Gasteiger partial charge in [-0.25, -0.2) is 0 Å². The van der Waals surface area contributed by atoms with Gasteiger partial charge in [0.05, 0.1) is 6.42 Å². The topological polar surface area (TPSA) is 63.3 Å². The van der Waals surface area contributed by atoms with Crippen LogP contribution in [0.5, 0.6) is 0 Å². The molecule has 0 aliphatic rings. The van der Waals surface area contributed by atoms with E-state index in [4.69, 9.17) is 10.2 Å². The first kappa shape index (κ1) is 10.8. The lowest BCUT2D eigenvalue weighted by molar-refractivity contribution is -0.137. The molecule has 1 unspecified atom stereocenters. The van der Waals surface area contributed by atoms with Crippen LogP contribution in [0.2, 0.25) is 0 Å². The summed E-state index contributed by atoms with van der Waals surface area (Å²) in [5.74, 6) is -0.260. The lowest BCUT2D eigenvalue weighted by atomic mass is 10.1. The highest BCUT2D eigenvalue weighted by atomic mass is 32.2. The number of carbonyl (C=O) groups is 1. The fourth-order valence-electron chi connectivity index (χ4n) is 0.908. The molecule has 0 rings (SSSR count). The van der Waals surface area contributed by atoms with Crippen molar-refractivity contribution in [2.24, 2.45) is 11.1 Å². The average molecular weight is 177 g/mol. The van der Waals surface area contributed by atoms with Gasteiger partial charge >= 0.3 is 5.97 Å². The lowest BCUT2D eigenvalue weighted by Crippen LogP contribution is -2.14. The van der Waals surface area contributed by atoms with Gasteiger partial charge in [-0.15, -0.1) is 0 Å². The molecule has 0 radical (unpaired) electrons. The molecule has 3 nitrogen and oxygen atoms in total. The number of carboxylic acids is 1. The highest BCUT2D eigenvalue weighted by Crippen LogP contribution is 2.17. The predicted molar refractivity (Wildman–Crippen MR) is 47.3 cm³/mol. The van der Waals surface area contributed by atoms with Crippen LogP contribution in [0.15, 0.2) is 0 Å². The number of carboxylic acid groups (broad SMARTS) is 1. The van der Waals surface area contributed by atoms with Gasteiger partial charge in [0.2, 0.25) is 0 Å². The largest absolute Gasteiger partial charge is 0.481 e. The van der Waals surface area contributed by atoms with Crippen LogP contribution in [0, 0.1) is 5.92 Å². The Balaban J connectivity index is 3.66. The molecule has 0 aromatic rings. The van der Waals surface area contributed by atoms with Crippen molar-refractivity contribution in [2.75, 3.05) is 0 Å². The number of rotatable bonds is 5. The van der Waals surface area contributed by atoms with Crippen molar-refractivity contribution < 1.29 is 9.90 Å². The van der Waals surface area contributed by atoms with Crippen molar-refractivity contribution in [2.45, 2.75) is 31.9 Å². The highest BCUT2D eigenvalue weighted by molar-refractivity contribution is 7.97. The van der Waals surface area contributed by atoms with E-state index in [-0.39, 0.29) is 11.7 Å². The van der Waals surface area contributed by atoms with E-state index >= 15 is 0 Å². The Hall–Kier alpha value is -0.220. The van der Waals surface area contributed by atoms with Gasteiger partial charge in [0.15, 0.2) is 0 Å². The molecule has 0 heterocycles. The van der Waals surface area contributed by atoms with Crippen LogP contribution in [-0.4, -0.2) is 16.3 Å². The first-order valence-corrected chi connectivity index (χ1v) is 4.57. The van der Waals surface area contributed by atoms with Crippen LogP contribution >= 0.6 is 11.9 Å². The minimum atomic E-state index is -0.770. The zero-order chi connectivity index (χ0) is 8.85. The third-order valence-corrected chi connectivity index (χ3v) is 2.07. The Kier molecular flexibility index (Phi) is 5.32. The van der Waals surface area contributed by atoms with Gasteiger partial charge in [0.1, 0.15) is 0 Å². The van der Waals surface area contributed by atoms with E-state index in [9.17, 15) is 4.79 Å². The Bertz CT molecular complexity index is 128. The van der Waals surface area contributed by atoms with Crippen molar-refractivity contribution in [3.8, 4) is 0 Å². The van der Waals surface area contributed by atoms with Gasteiger partial charge in [-0.1, -0.05) is 25.8 Å². The van der Waals surface area contributed by atoms with E-state index in [0.29, 0.717) is 5.92 Å². The van der Waals surface area contributed by atoms with Crippen molar-refractivity contribution in [3.63, 3.8) is 0 Å². The summed E-state index contributed by atoms with van der Waals surface area (Å²) in [6.07, 6.45) is 1.03. The normalized spacial score (nSPS) is 13.5. The smallest absolute Gasteiger partial charge is 0.304 e. The molecule has 1 atom stereocenters. The molecule has 0 saturated heterocycles. The molecule has 66 valence electrons. The highest BCUT2D eigenvalue weighted by Gasteiger charge is 2.13. The summed E-state index contributed by atoms with van der Waals surface area (Å²) in [6.45, 7) is 4.12. The van der Waals surface area contributed by atoms with E-state index < -0.39 is 5.97 Å². The Morgan fingerprint density at radius 1 is 1.64 bits per heavy atom. The van der Waals surface area contributed by atoms with Crippen molar-refractivity contribution in [3.05, 3.63) is 0 Å². The average Bonchev–Trinajstić information content (AvgIpc) is 1.84. The van der Waals surface area contributed by atoms with Crippen LogP contribution < -0.4 is 5.14 Å². The summed E-state index contributed by atoms with van der Waals surface area (Å²) < 4.78 is 0. The quantitative estimate of drug-likeness (QED) is 0.624. The van der Waals surface area contributed by atoms with E-state index in [1.54, 1.807) is 0 Å². The monoisotopic (exact) mass is 177 g/mol. The minimum absolute atomic E-state index is 0.0625. The van der Waals surface area contributed by atoms with Crippen LogP contribution in [0.1, 0.15) is 26.7 Å². The van der Waals surface area contributed by atoms with Crippen LogP contribution in [-0.2, 0) is 4.79 Å². The maximum atomic E-state index is 10.3. The molecule has 0 aliphatic heterocycles. The Morgan fingerprint density at radius 2 is 2.18 bits per heavy atom. The molecular formula is C7H15NO2S. The summed E-state index contributed by atoms with van der Waals surface area (Å²) in [5.41, 5.74) is 0. The molecule has 0 aromatic carbocycles. The second kappa shape index (κ2) is 5.43. The van der Waals surface area contributed by atoms with E-state index in [0.717, 1.165) is 18.4 Å².